The van der Waals surface area contributed by atoms with Crippen LogP contribution in [0.25, 0.3) is 0 Å². The molecule has 2 fully saturated rings. The zero-order valence-electron chi connectivity index (χ0n) is 10.7. The van der Waals surface area contributed by atoms with Gasteiger partial charge in [-0.2, -0.15) is 0 Å². The number of nitrogens with one attached hydrogen (secondary N) is 1. The molecular formula is C12H22N2O3. The molecule has 2 aliphatic heterocycles. The Morgan fingerprint density at radius 3 is 2.88 bits per heavy atom. The molecule has 0 aromatic rings. The van der Waals surface area contributed by atoms with E-state index in [-0.39, 0.29) is 18.0 Å². The number of rotatable bonds is 2. The van der Waals surface area contributed by atoms with Crippen LogP contribution < -0.4 is 11.1 Å². The molecule has 0 bridgehead atoms. The van der Waals surface area contributed by atoms with Gasteiger partial charge in [0.1, 0.15) is 11.6 Å². The number of hydrogen-bond donors (Lipinski definition) is 2. The minimum Gasteiger partial charge on any atom is -0.459 e. The minimum absolute atomic E-state index is 0.0253. The van der Waals surface area contributed by atoms with Crippen LogP contribution in [0.15, 0.2) is 0 Å². The third kappa shape index (κ3) is 2.78. The number of fused-ring (bicyclic) bond motifs is 1. The third-order valence-electron chi connectivity index (χ3n) is 3.31. The summed E-state index contributed by atoms with van der Waals surface area (Å²) in [6, 6.07) is -0.247. The molecule has 0 aliphatic carbocycles. The second-order valence-corrected chi connectivity index (χ2v) is 5.86. The number of carbonyl (C=O) groups is 1. The molecule has 3 N–H and O–H groups in total. The highest BCUT2D eigenvalue weighted by Gasteiger charge is 2.45. The summed E-state index contributed by atoms with van der Waals surface area (Å²) in [7, 11) is 0. The van der Waals surface area contributed by atoms with Gasteiger partial charge in [0.2, 0.25) is 0 Å². The molecule has 0 spiro atoms. The van der Waals surface area contributed by atoms with Crippen molar-refractivity contribution in [2.75, 3.05) is 13.2 Å². The van der Waals surface area contributed by atoms with Gasteiger partial charge in [0.25, 0.3) is 0 Å². The Labute approximate surface area is 102 Å². The van der Waals surface area contributed by atoms with Crippen LogP contribution in [-0.2, 0) is 14.3 Å². The Morgan fingerprint density at radius 2 is 2.24 bits per heavy atom. The van der Waals surface area contributed by atoms with E-state index in [1.54, 1.807) is 0 Å². The minimum atomic E-state index is -0.602. The van der Waals surface area contributed by atoms with Gasteiger partial charge in [-0.25, -0.2) is 0 Å². The maximum atomic E-state index is 11.9. The van der Waals surface area contributed by atoms with E-state index in [4.69, 9.17) is 15.2 Å². The lowest BCUT2D eigenvalue weighted by molar-refractivity contribution is -0.158. The molecule has 0 aromatic carbocycles. The van der Waals surface area contributed by atoms with Crippen molar-refractivity contribution in [3.63, 3.8) is 0 Å². The van der Waals surface area contributed by atoms with E-state index < -0.39 is 11.6 Å². The van der Waals surface area contributed by atoms with Gasteiger partial charge in [-0.3, -0.25) is 4.79 Å². The van der Waals surface area contributed by atoms with E-state index >= 15 is 0 Å². The molecule has 2 saturated heterocycles. The molecule has 5 nitrogen and oxygen atoms in total. The molecule has 4 atom stereocenters. The van der Waals surface area contributed by atoms with Crippen LogP contribution in [0.4, 0.5) is 0 Å². The molecule has 2 aliphatic rings. The van der Waals surface area contributed by atoms with Crippen molar-refractivity contribution in [3.8, 4) is 0 Å². The number of hydrogen-bond acceptors (Lipinski definition) is 5. The highest BCUT2D eigenvalue weighted by molar-refractivity contribution is 5.76. The topological polar surface area (TPSA) is 73.6 Å². The third-order valence-corrected chi connectivity index (χ3v) is 3.31. The van der Waals surface area contributed by atoms with E-state index in [2.05, 4.69) is 5.32 Å². The first-order valence-corrected chi connectivity index (χ1v) is 6.22. The fourth-order valence-electron chi connectivity index (χ4n) is 2.53. The Morgan fingerprint density at radius 1 is 1.53 bits per heavy atom. The van der Waals surface area contributed by atoms with Crippen LogP contribution in [0.3, 0.4) is 0 Å². The molecule has 0 amide bonds. The maximum absolute atomic E-state index is 11.9. The smallest absolute Gasteiger partial charge is 0.323 e. The first kappa shape index (κ1) is 12.8. The van der Waals surface area contributed by atoms with Crippen molar-refractivity contribution < 1.29 is 14.3 Å². The summed E-state index contributed by atoms with van der Waals surface area (Å²) in [6.45, 7) is 7.02. The zero-order valence-corrected chi connectivity index (χ0v) is 10.7. The average Bonchev–Trinajstić information content (AvgIpc) is 2.74. The first-order chi connectivity index (χ1) is 7.88. The van der Waals surface area contributed by atoms with Crippen molar-refractivity contribution in [2.45, 2.75) is 51.0 Å². The van der Waals surface area contributed by atoms with Gasteiger partial charge in [0.05, 0.1) is 6.10 Å². The van der Waals surface area contributed by atoms with E-state index in [1.807, 2.05) is 20.8 Å². The highest BCUT2D eigenvalue weighted by Crippen LogP contribution is 2.28. The van der Waals surface area contributed by atoms with Crippen molar-refractivity contribution >= 4 is 5.97 Å². The van der Waals surface area contributed by atoms with Crippen LogP contribution in [0.5, 0.6) is 0 Å². The summed E-state index contributed by atoms with van der Waals surface area (Å²) in [5.41, 5.74) is 5.50. The lowest BCUT2D eigenvalue weighted by atomic mass is 9.94. The molecule has 17 heavy (non-hydrogen) atoms. The zero-order chi connectivity index (χ0) is 12.6. The van der Waals surface area contributed by atoms with Gasteiger partial charge >= 0.3 is 5.97 Å². The molecule has 2 heterocycles. The monoisotopic (exact) mass is 242 g/mol. The van der Waals surface area contributed by atoms with Gasteiger partial charge in [-0.05, 0) is 27.2 Å². The van der Waals surface area contributed by atoms with Crippen molar-refractivity contribution in [2.24, 2.45) is 11.7 Å². The van der Waals surface area contributed by atoms with Crippen LogP contribution in [-0.4, -0.2) is 42.9 Å². The average molecular weight is 242 g/mol. The van der Waals surface area contributed by atoms with Gasteiger partial charge < -0.3 is 20.5 Å². The summed E-state index contributed by atoms with van der Waals surface area (Å²) < 4.78 is 11.0. The quantitative estimate of drug-likeness (QED) is 0.668. The lowest BCUT2D eigenvalue weighted by Crippen LogP contribution is -2.47. The van der Waals surface area contributed by atoms with Gasteiger partial charge in [-0.1, -0.05) is 0 Å². The van der Waals surface area contributed by atoms with E-state index in [9.17, 15) is 4.79 Å². The SMILES string of the molecule is CC(C)(C)OC(=O)C(N)C1CNC2CCOC21. The van der Waals surface area contributed by atoms with Crippen molar-refractivity contribution in [1.29, 1.82) is 0 Å². The van der Waals surface area contributed by atoms with E-state index in [1.165, 1.54) is 0 Å². The number of nitrogens with two attached hydrogens (primary N) is 1. The molecule has 5 heteroatoms. The van der Waals surface area contributed by atoms with Gasteiger partial charge in [0.15, 0.2) is 0 Å². The summed E-state index contributed by atoms with van der Waals surface area (Å²) in [5, 5.41) is 3.35. The number of esters is 1. The normalized spacial score (nSPS) is 34.5. The number of carbonyl (C=O) groups excluding carboxylic acids is 1. The van der Waals surface area contributed by atoms with E-state index in [0.29, 0.717) is 6.04 Å². The van der Waals surface area contributed by atoms with Crippen LogP contribution >= 0.6 is 0 Å². The molecule has 0 radical (unpaired) electrons. The highest BCUT2D eigenvalue weighted by atomic mass is 16.6. The largest absolute Gasteiger partial charge is 0.459 e. The molecular weight excluding hydrogens is 220 g/mol. The van der Waals surface area contributed by atoms with Gasteiger partial charge in [-0.15, -0.1) is 0 Å². The predicted molar refractivity (Wildman–Crippen MR) is 63.5 cm³/mol. The molecule has 0 saturated carbocycles. The first-order valence-electron chi connectivity index (χ1n) is 6.22. The predicted octanol–water partition coefficient (Wildman–Crippen LogP) is 0.0323. The molecule has 2 rings (SSSR count). The molecule has 98 valence electrons. The van der Waals surface area contributed by atoms with Crippen LogP contribution in [0.2, 0.25) is 0 Å². The fourth-order valence-corrected chi connectivity index (χ4v) is 2.53. The van der Waals surface area contributed by atoms with E-state index in [0.717, 1.165) is 19.6 Å². The van der Waals surface area contributed by atoms with Crippen molar-refractivity contribution in [3.05, 3.63) is 0 Å². The summed E-state index contributed by atoms with van der Waals surface area (Å²) in [6.07, 6.45) is 1.07. The fraction of sp³-hybridized carbons (Fsp3) is 0.917. The maximum Gasteiger partial charge on any atom is 0.323 e. The molecule has 4 unspecified atom stereocenters. The van der Waals surface area contributed by atoms with Crippen LogP contribution in [0, 0.1) is 5.92 Å². The second kappa shape index (κ2) is 4.55. The Balaban J connectivity index is 1.95. The van der Waals surface area contributed by atoms with Gasteiger partial charge in [0, 0.05) is 25.1 Å². The summed E-state index contributed by atoms with van der Waals surface area (Å²) >= 11 is 0. The summed E-state index contributed by atoms with van der Waals surface area (Å²) in [5.74, 6) is -0.308. The Kier molecular flexibility index (Phi) is 3.43. The van der Waals surface area contributed by atoms with Crippen molar-refractivity contribution in [1.82, 2.24) is 5.32 Å². The molecule has 0 aromatic heterocycles. The number of ether oxygens (including phenoxy) is 2. The second-order valence-electron chi connectivity index (χ2n) is 5.86. The van der Waals surface area contributed by atoms with Crippen LogP contribution in [0.1, 0.15) is 27.2 Å². The Bertz CT molecular complexity index is 301. The lowest BCUT2D eigenvalue weighted by Gasteiger charge is -2.26. The Hall–Kier alpha value is -0.650. The summed E-state index contributed by atoms with van der Waals surface area (Å²) in [4.78, 5) is 11.9. The standard InChI is InChI=1S/C12H22N2O3/c1-12(2,3)17-11(15)9(13)7-6-14-8-4-5-16-10(7)8/h7-10,14H,4-6,13H2,1-3H3.